The summed E-state index contributed by atoms with van der Waals surface area (Å²) in [5.74, 6) is 0. The fourth-order valence-corrected chi connectivity index (χ4v) is 1.50. The number of para-hydroxylation sites is 1. The van der Waals surface area contributed by atoms with Gasteiger partial charge in [0.25, 0.3) is 0 Å². The molecule has 1 amide bonds. The van der Waals surface area contributed by atoms with Gasteiger partial charge in [-0.1, -0.05) is 18.2 Å². The Balaban J connectivity index is 2.80. The molecule has 4 heteroatoms. The van der Waals surface area contributed by atoms with Crippen LogP contribution in [0.4, 0.5) is 10.5 Å². The van der Waals surface area contributed by atoms with Crippen LogP contribution in [0.2, 0.25) is 0 Å². The summed E-state index contributed by atoms with van der Waals surface area (Å²) in [5.41, 5.74) is 0.331. The van der Waals surface area contributed by atoms with E-state index in [2.05, 4.69) is 10.2 Å². The van der Waals surface area contributed by atoms with E-state index in [-0.39, 0.29) is 6.09 Å². The monoisotopic (exact) mass is 234 g/mol. The minimum absolute atomic E-state index is 0.353. The molecule has 0 unspecified atom stereocenters. The van der Waals surface area contributed by atoms with Gasteiger partial charge in [0.05, 0.1) is 10.2 Å². The van der Waals surface area contributed by atoms with Crippen LogP contribution < -0.4 is 4.90 Å². The number of amides is 1. The standard InChI is InChI=1S/C12H16NO2Si/c1-12(2,3)15-11(14)13(9-16)10-7-5-4-6-8-10/h4-8H,9H2,1-3H3. The number of benzene rings is 1. The third-order valence-corrected chi connectivity index (χ3v) is 2.16. The van der Waals surface area contributed by atoms with Crippen LogP contribution in [0.3, 0.4) is 0 Å². The lowest BCUT2D eigenvalue weighted by molar-refractivity contribution is 0.0587. The zero-order valence-electron chi connectivity index (χ0n) is 9.86. The van der Waals surface area contributed by atoms with Crippen molar-refractivity contribution in [3.8, 4) is 0 Å². The Hall–Kier alpha value is -1.29. The van der Waals surface area contributed by atoms with E-state index >= 15 is 0 Å². The fraction of sp³-hybridized carbons (Fsp3) is 0.417. The molecule has 0 heterocycles. The number of hydrogen-bond acceptors (Lipinski definition) is 2. The smallest absolute Gasteiger partial charge is 0.414 e. The van der Waals surface area contributed by atoms with E-state index in [9.17, 15) is 4.79 Å². The third kappa shape index (κ3) is 3.70. The minimum atomic E-state index is -0.481. The maximum Gasteiger partial charge on any atom is 0.414 e. The summed E-state index contributed by atoms with van der Waals surface area (Å²) >= 11 is 0. The average Bonchev–Trinajstić information content (AvgIpc) is 2.17. The topological polar surface area (TPSA) is 29.5 Å². The van der Waals surface area contributed by atoms with Crippen LogP contribution in [-0.4, -0.2) is 28.1 Å². The van der Waals surface area contributed by atoms with E-state index in [0.29, 0.717) is 6.17 Å². The molecule has 0 aliphatic carbocycles. The number of nitrogens with zero attached hydrogens (tertiary/aromatic N) is 1. The normalized spacial score (nSPS) is 11.0. The second-order valence-electron chi connectivity index (χ2n) is 4.40. The molecule has 85 valence electrons. The largest absolute Gasteiger partial charge is 0.443 e. The first-order valence-electron chi connectivity index (χ1n) is 5.14. The first-order valence-corrected chi connectivity index (χ1v) is 5.85. The molecule has 3 radical (unpaired) electrons. The second-order valence-corrected chi connectivity index (χ2v) is 4.72. The van der Waals surface area contributed by atoms with Gasteiger partial charge >= 0.3 is 6.09 Å². The van der Waals surface area contributed by atoms with Crippen LogP contribution in [0, 0.1) is 0 Å². The fourth-order valence-electron chi connectivity index (χ4n) is 1.19. The maximum absolute atomic E-state index is 11.9. The van der Waals surface area contributed by atoms with E-state index < -0.39 is 5.60 Å². The number of carbonyl (C=O) groups is 1. The Morgan fingerprint density at radius 3 is 2.31 bits per heavy atom. The summed E-state index contributed by atoms with van der Waals surface area (Å²) in [4.78, 5) is 13.4. The van der Waals surface area contributed by atoms with E-state index in [0.717, 1.165) is 5.69 Å². The maximum atomic E-state index is 11.9. The van der Waals surface area contributed by atoms with Gasteiger partial charge in [0.1, 0.15) is 5.60 Å². The lowest BCUT2D eigenvalue weighted by atomic mass is 10.2. The molecule has 0 saturated heterocycles. The van der Waals surface area contributed by atoms with Crippen molar-refractivity contribution < 1.29 is 9.53 Å². The SMILES string of the molecule is CC(C)(C)OC(=O)N(C[Si])c1ccccc1. The minimum Gasteiger partial charge on any atom is -0.443 e. The molecule has 0 aliphatic heterocycles. The van der Waals surface area contributed by atoms with Gasteiger partial charge in [-0.05, 0) is 32.9 Å². The molecule has 3 nitrogen and oxygen atoms in total. The highest BCUT2D eigenvalue weighted by Gasteiger charge is 2.21. The van der Waals surface area contributed by atoms with Gasteiger partial charge in [0, 0.05) is 11.9 Å². The third-order valence-electron chi connectivity index (χ3n) is 1.84. The lowest BCUT2D eigenvalue weighted by Gasteiger charge is -2.26. The molecule has 0 spiro atoms. The van der Waals surface area contributed by atoms with E-state index in [1.54, 1.807) is 0 Å². The van der Waals surface area contributed by atoms with Crippen molar-refractivity contribution in [1.82, 2.24) is 0 Å². The van der Waals surface area contributed by atoms with Crippen molar-refractivity contribution in [3.63, 3.8) is 0 Å². The Kier molecular flexibility index (Phi) is 4.12. The average molecular weight is 234 g/mol. The van der Waals surface area contributed by atoms with Gasteiger partial charge in [0.2, 0.25) is 0 Å². The molecule has 0 saturated carbocycles. The molecule has 1 rings (SSSR count). The van der Waals surface area contributed by atoms with Crippen molar-refractivity contribution >= 4 is 22.0 Å². The number of ether oxygens (including phenoxy) is 1. The van der Waals surface area contributed by atoms with Crippen molar-refractivity contribution in [2.45, 2.75) is 26.4 Å². The summed E-state index contributed by atoms with van der Waals surface area (Å²) in [6.45, 7) is 5.55. The van der Waals surface area contributed by atoms with Gasteiger partial charge in [0.15, 0.2) is 0 Å². The summed E-state index contributed by atoms with van der Waals surface area (Å²) in [6, 6.07) is 9.40. The first-order chi connectivity index (χ1) is 7.44. The summed E-state index contributed by atoms with van der Waals surface area (Å²) in [7, 11) is 3.34. The van der Waals surface area contributed by atoms with Crippen LogP contribution in [0.15, 0.2) is 30.3 Å². The highest BCUT2D eigenvalue weighted by atomic mass is 28.1. The molecule has 1 aromatic rings. The predicted octanol–water partition coefficient (Wildman–Crippen LogP) is 2.55. The van der Waals surface area contributed by atoms with Crippen molar-refractivity contribution in [1.29, 1.82) is 0 Å². The summed E-state index contributed by atoms with van der Waals surface area (Å²) < 4.78 is 5.30. The van der Waals surface area contributed by atoms with Gasteiger partial charge in [-0.25, -0.2) is 4.79 Å². The van der Waals surface area contributed by atoms with Gasteiger partial charge < -0.3 is 4.74 Å². The van der Waals surface area contributed by atoms with Gasteiger partial charge in [-0.3, -0.25) is 4.90 Å². The van der Waals surface area contributed by atoms with Crippen LogP contribution in [0.1, 0.15) is 20.8 Å². The Bertz CT molecular complexity index is 346. The molecule has 0 N–H and O–H groups in total. The first kappa shape index (κ1) is 12.8. The van der Waals surface area contributed by atoms with Gasteiger partial charge in [-0.2, -0.15) is 0 Å². The number of anilines is 1. The van der Waals surface area contributed by atoms with Crippen LogP contribution >= 0.6 is 0 Å². The van der Waals surface area contributed by atoms with Crippen LogP contribution in [-0.2, 0) is 4.74 Å². The van der Waals surface area contributed by atoms with E-state index in [1.165, 1.54) is 4.90 Å². The molecule has 0 atom stereocenters. The summed E-state index contributed by atoms with van der Waals surface area (Å²) in [6.07, 6.45) is 0.0487. The summed E-state index contributed by atoms with van der Waals surface area (Å²) in [5, 5.41) is 0. The molecule has 0 fully saturated rings. The van der Waals surface area contributed by atoms with Crippen LogP contribution in [0.5, 0.6) is 0 Å². The zero-order chi connectivity index (χ0) is 12.2. The zero-order valence-corrected chi connectivity index (χ0v) is 10.9. The highest BCUT2D eigenvalue weighted by molar-refractivity contribution is 6.13. The molecule has 1 aromatic carbocycles. The molecule has 16 heavy (non-hydrogen) atoms. The van der Waals surface area contributed by atoms with Crippen LogP contribution in [0.25, 0.3) is 0 Å². The van der Waals surface area contributed by atoms with Crippen molar-refractivity contribution in [2.75, 3.05) is 11.1 Å². The predicted molar refractivity (Wildman–Crippen MR) is 65.8 cm³/mol. The van der Waals surface area contributed by atoms with Crippen molar-refractivity contribution in [3.05, 3.63) is 30.3 Å². The van der Waals surface area contributed by atoms with Crippen molar-refractivity contribution in [2.24, 2.45) is 0 Å². The molecular formula is C12H16NO2Si. The molecular weight excluding hydrogens is 218 g/mol. The van der Waals surface area contributed by atoms with E-state index in [1.807, 2.05) is 51.1 Å². The number of hydrogen-bond donors (Lipinski definition) is 0. The highest BCUT2D eigenvalue weighted by Crippen LogP contribution is 2.16. The molecule has 0 aliphatic rings. The Morgan fingerprint density at radius 1 is 1.31 bits per heavy atom. The quantitative estimate of drug-likeness (QED) is 0.736. The molecule has 0 bridgehead atoms. The number of rotatable bonds is 2. The second kappa shape index (κ2) is 5.16. The Morgan fingerprint density at radius 2 is 1.88 bits per heavy atom. The Labute approximate surface area is 99.8 Å². The number of carbonyl (C=O) groups excluding carboxylic acids is 1. The van der Waals surface area contributed by atoms with Gasteiger partial charge in [-0.15, -0.1) is 0 Å². The lowest BCUT2D eigenvalue weighted by Crippen LogP contribution is -2.37. The molecule has 0 aromatic heterocycles. The van der Waals surface area contributed by atoms with E-state index in [4.69, 9.17) is 4.74 Å².